The van der Waals surface area contributed by atoms with Gasteiger partial charge in [-0.05, 0) is 24.7 Å². The predicted octanol–water partition coefficient (Wildman–Crippen LogP) is 3.88. The van der Waals surface area contributed by atoms with E-state index in [-0.39, 0.29) is 0 Å². The molecule has 0 radical (unpaired) electrons. The van der Waals surface area contributed by atoms with Gasteiger partial charge in [0.1, 0.15) is 17.3 Å². The summed E-state index contributed by atoms with van der Waals surface area (Å²) in [6, 6.07) is 0.577. The lowest BCUT2D eigenvalue weighted by molar-refractivity contribution is 0.488. The zero-order valence-electron chi connectivity index (χ0n) is 11.7. The van der Waals surface area contributed by atoms with E-state index in [2.05, 4.69) is 42.6 Å². The Morgan fingerprint density at radius 1 is 1.28 bits per heavy atom. The van der Waals surface area contributed by atoms with Crippen molar-refractivity contribution in [2.75, 3.05) is 11.4 Å². The van der Waals surface area contributed by atoms with Crippen molar-refractivity contribution < 1.29 is 0 Å². The van der Waals surface area contributed by atoms with Crippen molar-refractivity contribution in [1.29, 1.82) is 0 Å². The molecule has 0 amide bonds. The summed E-state index contributed by atoms with van der Waals surface area (Å²) in [7, 11) is 0. The summed E-state index contributed by atoms with van der Waals surface area (Å²) < 4.78 is 0. The van der Waals surface area contributed by atoms with Crippen LogP contribution in [0.15, 0.2) is 6.33 Å². The number of rotatable bonds is 3. The molecule has 1 fully saturated rings. The van der Waals surface area contributed by atoms with Crippen LogP contribution in [0.1, 0.15) is 52.0 Å². The summed E-state index contributed by atoms with van der Waals surface area (Å²) >= 11 is 6.25. The van der Waals surface area contributed by atoms with E-state index in [9.17, 15) is 0 Å². The minimum atomic E-state index is 0.349. The fourth-order valence-electron chi connectivity index (χ4n) is 2.84. The van der Waals surface area contributed by atoms with Crippen LogP contribution in [0.5, 0.6) is 0 Å². The van der Waals surface area contributed by atoms with Crippen LogP contribution in [0.2, 0.25) is 5.15 Å². The molecule has 1 aromatic rings. The van der Waals surface area contributed by atoms with Gasteiger partial charge in [0.05, 0.1) is 0 Å². The molecule has 0 spiro atoms. The van der Waals surface area contributed by atoms with E-state index < -0.39 is 0 Å². The molecule has 0 saturated carbocycles. The number of aromatic nitrogens is 2. The minimum Gasteiger partial charge on any atom is -0.353 e. The van der Waals surface area contributed by atoms with Crippen LogP contribution in [0.25, 0.3) is 0 Å². The lowest BCUT2D eigenvalue weighted by Crippen LogP contribution is -2.35. The number of halogens is 1. The Labute approximate surface area is 115 Å². The highest BCUT2D eigenvalue weighted by Crippen LogP contribution is 2.35. The van der Waals surface area contributed by atoms with Crippen molar-refractivity contribution in [3.05, 3.63) is 17.0 Å². The maximum atomic E-state index is 6.25. The molecule has 2 rings (SSSR count). The zero-order chi connectivity index (χ0) is 13.3. The van der Waals surface area contributed by atoms with Crippen molar-refractivity contribution >= 4 is 17.4 Å². The number of nitrogens with zero attached hydrogens (tertiary/aromatic N) is 3. The van der Waals surface area contributed by atoms with E-state index in [0.29, 0.717) is 23.0 Å². The second kappa shape index (κ2) is 5.43. The van der Waals surface area contributed by atoms with Gasteiger partial charge in [0.25, 0.3) is 0 Å². The summed E-state index contributed by atoms with van der Waals surface area (Å²) in [4.78, 5) is 11.1. The highest BCUT2D eigenvalue weighted by Gasteiger charge is 2.30. The van der Waals surface area contributed by atoms with E-state index in [1.807, 2.05) is 0 Å². The topological polar surface area (TPSA) is 29.0 Å². The highest BCUT2D eigenvalue weighted by atomic mass is 35.5. The van der Waals surface area contributed by atoms with Gasteiger partial charge in [-0.2, -0.15) is 0 Å². The van der Waals surface area contributed by atoms with E-state index in [1.165, 1.54) is 12.8 Å². The maximum absolute atomic E-state index is 6.25. The molecule has 0 aliphatic carbocycles. The van der Waals surface area contributed by atoms with E-state index in [1.54, 1.807) is 6.33 Å². The van der Waals surface area contributed by atoms with Crippen LogP contribution in [-0.2, 0) is 0 Å². The third-order valence-corrected chi connectivity index (χ3v) is 4.03. The molecule has 18 heavy (non-hydrogen) atoms. The van der Waals surface area contributed by atoms with Crippen LogP contribution in [0.3, 0.4) is 0 Å². The smallest absolute Gasteiger partial charge is 0.138 e. The maximum Gasteiger partial charge on any atom is 0.138 e. The molecule has 1 aliphatic rings. The molecule has 4 heteroatoms. The van der Waals surface area contributed by atoms with Crippen molar-refractivity contribution in [3.8, 4) is 0 Å². The van der Waals surface area contributed by atoms with Gasteiger partial charge in [0.15, 0.2) is 0 Å². The summed E-state index contributed by atoms with van der Waals surface area (Å²) in [6.45, 7) is 9.93. The predicted molar refractivity (Wildman–Crippen MR) is 76.3 cm³/mol. The van der Waals surface area contributed by atoms with Crippen molar-refractivity contribution in [3.63, 3.8) is 0 Å². The van der Waals surface area contributed by atoms with E-state index >= 15 is 0 Å². The summed E-state index contributed by atoms with van der Waals surface area (Å²) in [5, 5.41) is 0.601. The second-order valence-electron chi connectivity index (χ2n) is 5.70. The SMILES string of the molecule is CC(C)c1c(Cl)ncnc1N1CCCC1C(C)C. The molecule has 1 saturated heterocycles. The van der Waals surface area contributed by atoms with Crippen LogP contribution < -0.4 is 4.90 Å². The standard InChI is InChI=1S/C14H22ClN3/c1-9(2)11-6-5-7-18(11)14-12(10(3)4)13(15)16-8-17-14/h8-11H,5-7H2,1-4H3. The van der Waals surface area contributed by atoms with Crippen LogP contribution in [-0.4, -0.2) is 22.6 Å². The highest BCUT2D eigenvalue weighted by molar-refractivity contribution is 6.30. The average Bonchev–Trinajstić information content (AvgIpc) is 2.76. The molecule has 3 nitrogen and oxygen atoms in total. The zero-order valence-corrected chi connectivity index (χ0v) is 12.4. The molecule has 1 aromatic heterocycles. The molecule has 1 aliphatic heterocycles. The quantitative estimate of drug-likeness (QED) is 0.779. The second-order valence-corrected chi connectivity index (χ2v) is 6.06. The first-order valence-corrected chi connectivity index (χ1v) is 7.17. The first-order valence-electron chi connectivity index (χ1n) is 6.79. The van der Waals surface area contributed by atoms with E-state index in [0.717, 1.165) is 17.9 Å². The normalized spacial score (nSPS) is 20.2. The van der Waals surface area contributed by atoms with Crippen molar-refractivity contribution in [1.82, 2.24) is 9.97 Å². The molecule has 2 heterocycles. The van der Waals surface area contributed by atoms with Crippen LogP contribution in [0, 0.1) is 5.92 Å². The molecular weight excluding hydrogens is 246 g/mol. The monoisotopic (exact) mass is 267 g/mol. The van der Waals surface area contributed by atoms with Gasteiger partial charge < -0.3 is 4.90 Å². The Hall–Kier alpha value is -0.830. The first kappa shape index (κ1) is 13.6. The Morgan fingerprint density at radius 2 is 2.00 bits per heavy atom. The molecule has 0 aromatic carbocycles. The van der Waals surface area contributed by atoms with Crippen LogP contribution >= 0.6 is 11.6 Å². The van der Waals surface area contributed by atoms with Crippen LogP contribution in [0.4, 0.5) is 5.82 Å². The summed E-state index contributed by atoms with van der Waals surface area (Å²) in [5.74, 6) is 2.03. The largest absolute Gasteiger partial charge is 0.353 e. The minimum absolute atomic E-state index is 0.349. The summed E-state index contributed by atoms with van der Waals surface area (Å²) in [6.07, 6.45) is 4.07. The Balaban J connectivity index is 2.41. The number of hydrogen-bond donors (Lipinski definition) is 0. The third-order valence-electron chi connectivity index (χ3n) is 3.73. The lowest BCUT2D eigenvalue weighted by atomic mass is 10.0. The Morgan fingerprint density at radius 3 is 2.61 bits per heavy atom. The Bertz CT molecular complexity index is 418. The van der Waals surface area contributed by atoms with E-state index in [4.69, 9.17) is 11.6 Å². The molecule has 1 unspecified atom stereocenters. The number of anilines is 1. The fraction of sp³-hybridized carbons (Fsp3) is 0.714. The fourth-order valence-corrected chi connectivity index (χ4v) is 3.19. The van der Waals surface area contributed by atoms with Gasteiger partial charge in [0.2, 0.25) is 0 Å². The van der Waals surface area contributed by atoms with Crippen molar-refractivity contribution in [2.45, 2.75) is 52.5 Å². The summed E-state index contributed by atoms with van der Waals surface area (Å²) in [5.41, 5.74) is 1.09. The van der Waals surface area contributed by atoms with Gasteiger partial charge in [0, 0.05) is 18.2 Å². The molecule has 0 N–H and O–H groups in total. The van der Waals surface area contributed by atoms with Gasteiger partial charge in [-0.25, -0.2) is 9.97 Å². The molecular formula is C14H22ClN3. The van der Waals surface area contributed by atoms with Gasteiger partial charge in [-0.3, -0.25) is 0 Å². The van der Waals surface area contributed by atoms with Gasteiger partial charge >= 0.3 is 0 Å². The third kappa shape index (κ3) is 2.46. The average molecular weight is 268 g/mol. The molecule has 1 atom stereocenters. The Kier molecular flexibility index (Phi) is 4.10. The van der Waals surface area contributed by atoms with Gasteiger partial charge in [-0.15, -0.1) is 0 Å². The number of hydrogen-bond acceptors (Lipinski definition) is 3. The molecule has 0 bridgehead atoms. The van der Waals surface area contributed by atoms with Crippen molar-refractivity contribution in [2.24, 2.45) is 5.92 Å². The molecule has 100 valence electrons. The van der Waals surface area contributed by atoms with Gasteiger partial charge in [-0.1, -0.05) is 39.3 Å². The first-order chi connectivity index (χ1) is 8.52. The lowest BCUT2D eigenvalue weighted by Gasteiger charge is -2.31.